The lowest BCUT2D eigenvalue weighted by molar-refractivity contribution is 0.0696. The van der Waals surface area contributed by atoms with Crippen molar-refractivity contribution in [2.45, 2.75) is 12.8 Å². The zero-order chi connectivity index (χ0) is 16.7. The minimum absolute atomic E-state index is 0.0234. The van der Waals surface area contributed by atoms with Gasteiger partial charge in [-0.3, -0.25) is 9.69 Å². The Hall–Kier alpha value is -2.96. The number of carboxylic acid groups (broad SMARTS) is 1. The Balaban J connectivity index is 1.63. The van der Waals surface area contributed by atoms with Gasteiger partial charge in [0, 0.05) is 24.8 Å². The van der Waals surface area contributed by atoms with Crippen molar-refractivity contribution in [3.05, 3.63) is 41.6 Å². The first kappa shape index (κ1) is 14.6. The van der Waals surface area contributed by atoms with E-state index in [0.29, 0.717) is 22.9 Å². The highest BCUT2D eigenvalue weighted by Crippen LogP contribution is 2.39. The van der Waals surface area contributed by atoms with Crippen molar-refractivity contribution < 1.29 is 19.4 Å². The van der Waals surface area contributed by atoms with Gasteiger partial charge in [0.15, 0.2) is 18.3 Å². The first-order valence-corrected chi connectivity index (χ1v) is 7.89. The van der Waals surface area contributed by atoms with E-state index in [9.17, 15) is 9.59 Å². The summed E-state index contributed by atoms with van der Waals surface area (Å²) in [5.41, 5.74) is 1.41. The molecule has 1 fully saturated rings. The van der Waals surface area contributed by atoms with Gasteiger partial charge in [-0.05, 0) is 31.0 Å². The molecule has 3 heterocycles. The van der Waals surface area contributed by atoms with E-state index in [1.54, 1.807) is 24.3 Å². The molecular weight excluding hydrogens is 310 g/mol. The van der Waals surface area contributed by atoms with Gasteiger partial charge in [-0.15, -0.1) is 0 Å². The van der Waals surface area contributed by atoms with Crippen LogP contribution < -0.4 is 9.64 Å². The van der Waals surface area contributed by atoms with Gasteiger partial charge in [0.05, 0.1) is 5.56 Å². The number of H-pyrrole nitrogens is 1. The van der Waals surface area contributed by atoms with Crippen LogP contribution in [0.1, 0.15) is 33.7 Å². The third-order valence-electron chi connectivity index (χ3n) is 4.41. The Morgan fingerprint density at radius 3 is 2.71 bits per heavy atom. The third-order valence-corrected chi connectivity index (χ3v) is 4.41. The number of aromatic carboxylic acids is 1. The molecule has 0 radical (unpaired) electrons. The number of aromatic amines is 1. The van der Waals surface area contributed by atoms with E-state index in [-0.39, 0.29) is 18.2 Å². The van der Waals surface area contributed by atoms with E-state index < -0.39 is 5.97 Å². The van der Waals surface area contributed by atoms with Crippen LogP contribution in [0.5, 0.6) is 5.75 Å². The van der Waals surface area contributed by atoms with Gasteiger partial charge in [-0.2, -0.15) is 0 Å². The molecule has 0 bridgehead atoms. The highest BCUT2D eigenvalue weighted by atomic mass is 16.5. The maximum atomic E-state index is 12.5. The number of likely N-dealkylation sites (tertiary alicyclic amines) is 1. The van der Waals surface area contributed by atoms with Crippen LogP contribution in [0, 0.1) is 0 Å². The number of carbonyl (C=O) groups excluding carboxylic acids is 1. The molecule has 7 nitrogen and oxygen atoms in total. The lowest BCUT2D eigenvalue weighted by Crippen LogP contribution is -2.28. The molecule has 1 saturated heterocycles. The highest BCUT2D eigenvalue weighted by molar-refractivity contribution is 5.95. The molecule has 124 valence electrons. The fourth-order valence-electron chi connectivity index (χ4n) is 3.15. The average molecular weight is 327 g/mol. The number of benzene rings is 1. The molecule has 4 rings (SSSR count). The summed E-state index contributed by atoms with van der Waals surface area (Å²) in [4.78, 5) is 30.4. The molecule has 0 unspecified atom stereocenters. The Labute approximate surface area is 138 Å². The summed E-state index contributed by atoms with van der Waals surface area (Å²) < 4.78 is 5.64. The zero-order valence-electron chi connectivity index (χ0n) is 13.0. The van der Waals surface area contributed by atoms with Crippen molar-refractivity contribution in [2.75, 3.05) is 24.7 Å². The van der Waals surface area contributed by atoms with Crippen molar-refractivity contribution in [1.29, 1.82) is 0 Å². The predicted octanol–water partition coefficient (Wildman–Crippen LogP) is 2.44. The van der Waals surface area contributed by atoms with Gasteiger partial charge in [0.2, 0.25) is 0 Å². The van der Waals surface area contributed by atoms with E-state index >= 15 is 0 Å². The van der Waals surface area contributed by atoms with Crippen LogP contribution >= 0.6 is 0 Å². The Bertz CT molecular complexity index is 808. The number of anilines is 2. The second-order valence-corrected chi connectivity index (χ2v) is 5.95. The lowest BCUT2D eigenvalue weighted by Gasteiger charge is -2.17. The summed E-state index contributed by atoms with van der Waals surface area (Å²) in [5.74, 6) is 0.289. The summed E-state index contributed by atoms with van der Waals surface area (Å²) in [7, 11) is 0. The SMILES string of the molecule is O=C(O)c1cccc(N2COc3cc(C(=O)N4CCCC4)[nH]c32)c1. The Morgan fingerprint density at radius 1 is 1.17 bits per heavy atom. The molecule has 24 heavy (non-hydrogen) atoms. The highest BCUT2D eigenvalue weighted by Gasteiger charge is 2.29. The maximum Gasteiger partial charge on any atom is 0.335 e. The molecule has 1 aromatic carbocycles. The van der Waals surface area contributed by atoms with Crippen molar-refractivity contribution in [2.24, 2.45) is 0 Å². The molecular formula is C17H17N3O4. The minimum Gasteiger partial charge on any atom is -0.478 e. The second-order valence-electron chi connectivity index (χ2n) is 5.95. The molecule has 2 aliphatic heterocycles. The number of aromatic nitrogens is 1. The Kier molecular flexibility index (Phi) is 3.41. The summed E-state index contributed by atoms with van der Waals surface area (Å²) in [5, 5.41) is 9.14. The number of carbonyl (C=O) groups is 2. The number of nitrogens with zero attached hydrogens (tertiary/aromatic N) is 2. The molecule has 7 heteroatoms. The van der Waals surface area contributed by atoms with E-state index in [2.05, 4.69) is 4.98 Å². The van der Waals surface area contributed by atoms with Gasteiger partial charge >= 0.3 is 5.97 Å². The van der Waals surface area contributed by atoms with Crippen molar-refractivity contribution in [3.8, 4) is 5.75 Å². The summed E-state index contributed by atoms with van der Waals surface area (Å²) in [6.45, 7) is 1.85. The average Bonchev–Trinajstić information content (AvgIpc) is 3.30. The van der Waals surface area contributed by atoms with Crippen LogP contribution in [-0.4, -0.2) is 46.7 Å². The number of rotatable bonds is 3. The number of amides is 1. The molecule has 0 atom stereocenters. The van der Waals surface area contributed by atoms with Crippen LogP contribution in [0.15, 0.2) is 30.3 Å². The quantitative estimate of drug-likeness (QED) is 0.904. The minimum atomic E-state index is -0.978. The van der Waals surface area contributed by atoms with Crippen molar-refractivity contribution in [3.63, 3.8) is 0 Å². The van der Waals surface area contributed by atoms with Crippen LogP contribution in [0.4, 0.5) is 11.5 Å². The number of ether oxygens (including phenoxy) is 1. The topological polar surface area (TPSA) is 85.9 Å². The second kappa shape index (κ2) is 5.59. The van der Waals surface area contributed by atoms with Crippen LogP contribution in [0.3, 0.4) is 0 Å². The molecule has 0 spiro atoms. The van der Waals surface area contributed by atoms with E-state index in [0.717, 1.165) is 25.9 Å². The zero-order valence-corrected chi connectivity index (χ0v) is 13.0. The number of hydrogen-bond donors (Lipinski definition) is 2. The normalized spacial score (nSPS) is 16.2. The monoisotopic (exact) mass is 327 g/mol. The van der Waals surface area contributed by atoms with Gasteiger partial charge in [0.25, 0.3) is 5.91 Å². The molecule has 1 amide bonds. The van der Waals surface area contributed by atoms with Crippen molar-refractivity contribution in [1.82, 2.24) is 9.88 Å². The Morgan fingerprint density at radius 2 is 1.96 bits per heavy atom. The first-order chi connectivity index (χ1) is 11.6. The molecule has 2 N–H and O–H groups in total. The lowest BCUT2D eigenvalue weighted by atomic mass is 10.2. The maximum absolute atomic E-state index is 12.5. The van der Waals surface area contributed by atoms with Gasteiger partial charge in [-0.1, -0.05) is 6.07 Å². The predicted molar refractivity (Wildman–Crippen MR) is 87.0 cm³/mol. The largest absolute Gasteiger partial charge is 0.478 e. The number of hydrogen-bond acceptors (Lipinski definition) is 4. The van der Waals surface area contributed by atoms with E-state index in [4.69, 9.17) is 9.84 Å². The fraction of sp³-hybridized carbons (Fsp3) is 0.294. The van der Waals surface area contributed by atoms with Crippen molar-refractivity contribution >= 4 is 23.4 Å². The number of carboxylic acids is 1. The van der Waals surface area contributed by atoms with E-state index in [1.807, 2.05) is 15.9 Å². The summed E-state index contributed by atoms with van der Waals surface area (Å²) in [6.07, 6.45) is 2.08. The first-order valence-electron chi connectivity index (χ1n) is 7.89. The molecule has 2 aliphatic rings. The summed E-state index contributed by atoms with van der Waals surface area (Å²) >= 11 is 0. The molecule has 2 aromatic rings. The molecule has 0 aliphatic carbocycles. The van der Waals surface area contributed by atoms with Gasteiger partial charge in [0.1, 0.15) is 5.69 Å². The van der Waals surface area contributed by atoms with Crippen LogP contribution in [0.2, 0.25) is 0 Å². The van der Waals surface area contributed by atoms with E-state index in [1.165, 1.54) is 0 Å². The smallest absolute Gasteiger partial charge is 0.335 e. The van der Waals surface area contributed by atoms with Crippen LogP contribution in [-0.2, 0) is 0 Å². The van der Waals surface area contributed by atoms with Gasteiger partial charge < -0.3 is 19.7 Å². The fourth-order valence-corrected chi connectivity index (χ4v) is 3.15. The standard InChI is InChI=1S/C17H17N3O4/c21-16(19-6-1-2-7-19)13-9-14-15(18-13)20(10-24-14)12-5-3-4-11(8-12)17(22)23/h3-5,8-9,18H,1-2,6-7,10H2,(H,22,23). The third kappa shape index (κ3) is 2.38. The van der Waals surface area contributed by atoms with Crippen LogP contribution in [0.25, 0.3) is 0 Å². The number of nitrogens with one attached hydrogen (secondary N) is 1. The number of fused-ring (bicyclic) bond motifs is 1. The van der Waals surface area contributed by atoms with Gasteiger partial charge in [-0.25, -0.2) is 4.79 Å². The molecule has 1 aromatic heterocycles. The summed E-state index contributed by atoms with van der Waals surface area (Å²) in [6, 6.07) is 8.35. The molecule has 0 saturated carbocycles.